The third-order valence-corrected chi connectivity index (χ3v) is 1.52. The van der Waals surface area contributed by atoms with Gasteiger partial charge in [0.15, 0.2) is 0 Å². The summed E-state index contributed by atoms with van der Waals surface area (Å²) in [5.74, 6) is -7.80. The van der Waals surface area contributed by atoms with Crippen molar-refractivity contribution >= 4 is 5.97 Å². The van der Waals surface area contributed by atoms with Crippen molar-refractivity contribution in [3.8, 4) is 0 Å². The topological polar surface area (TPSA) is 63.3 Å². The average molecular weight is 225 g/mol. The molecule has 0 aliphatic carbocycles. The number of rotatable bonds is 3. The Labute approximate surface area is 73.5 Å². The first-order valence-electron chi connectivity index (χ1n) is 3.03. The molecule has 0 aromatic heterocycles. The van der Waals surface area contributed by atoms with Crippen molar-refractivity contribution in [2.75, 3.05) is 6.67 Å². The van der Waals surface area contributed by atoms with E-state index in [9.17, 15) is 31.1 Å². The lowest BCUT2D eigenvalue weighted by Gasteiger charge is -2.32. The third kappa shape index (κ3) is 1.63. The van der Waals surface area contributed by atoms with E-state index < -0.39 is 30.3 Å². The number of carbonyl (C=O) groups is 1. The Kier molecular flexibility index (Phi) is 3.06. The van der Waals surface area contributed by atoms with E-state index in [1.165, 1.54) is 0 Å². The number of hydrogen-bond donors (Lipinski definition) is 2. The first kappa shape index (κ1) is 13.0. The van der Waals surface area contributed by atoms with Crippen LogP contribution in [-0.4, -0.2) is 35.4 Å². The summed E-state index contributed by atoms with van der Waals surface area (Å²) in [6.07, 6.45) is -6.05. The molecular weight excluding hydrogens is 220 g/mol. The van der Waals surface area contributed by atoms with Gasteiger partial charge in [-0.3, -0.25) is 5.73 Å². The van der Waals surface area contributed by atoms with Gasteiger partial charge in [-0.1, -0.05) is 0 Å². The van der Waals surface area contributed by atoms with E-state index in [1.54, 1.807) is 0 Å². The lowest BCUT2D eigenvalue weighted by atomic mass is 9.95. The highest BCUT2D eigenvalue weighted by atomic mass is 19.4. The minimum Gasteiger partial charge on any atom is -0.478 e. The SMILES string of the molecule is N[C@](F)(C(=O)O)C(F)(CF)C(F)(F)F. The molecule has 2 atom stereocenters. The molecule has 0 bridgehead atoms. The van der Waals surface area contributed by atoms with Gasteiger partial charge in [-0.15, -0.1) is 0 Å². The quantitative estimate of drug-likeness (QED) is 0.554. The maximum atomic E-state index is 12.7. The third-order valence-electron chi connectivity index (χ3n) is 1.52. The van der Waals surface area contributed by atoms with Gasteiger partial charge in [-0.05, 0) is 0 Å². The normalized spacial score (nSPS) is 21.1. The number of carboxylic acids is 1. The average Bonchev–Trinajstić information content (AvgIpc) is 2.00. The molecule has 14 heavy (non-hydrogen) atoms. The van der Waals surface area contributed by atoms with Crippen molar-refractivity contribution < 1.29 is 36.2 Å². The second kappa shape index (κ2) is 3.30. The molecule has 84 valence electrons. The molecule has 0 aliphatic rings. The standard InChI is InChI=1S/C5H5F6NO2/c6-1-3(7,5(9,10)11)4(8,12)2(13)14/h1,12H2,(H,13,14)/t3?,4-/m1/s1. The Morgan fingerprint density at radius 1 is 1.21 bits per heavy atom. The second-order valence-electron chi connectivity index (χ2n) is 2.45. The van der Waals surface area contributed by atoms with Crippen LogP contribution in [0.3, 0.4) is 0 Å². The van der Waals surface area contributed by atoms with Gasteiger partial charge in [0, 0.05) is 0 Å². The Balaban J connectivity index is 5.36. The van der Waals surface area contributed by atoms with Crippen molar-refractivity contribution in [2.45, 2.75) is 17.6 Å². The van der Waals surface area contributed by atoms with Crippen LogP contribution in [0.2, 0.25) is 0 Å². The summed E-state index contributed by atoms with van der Waals surface area (Å²) in [4.78, 5) is 9.87. The van der Waals surface area contributed by atoms with Crippen LogP contribution in [0.5, 0.6) is 0 Å². The number of hydrogen-bond acceptors (Lipinski definition) is 2. The number of halogens is 6. The molecule has 3 nitrogen and oxygen atoms in total. The molecule has 0 saturated heterocycles. The fraction of sp³-hybridized carbons (Fsp3) is 0.800. The maximum Gasteiger partial charge on any atom is 0.430 e. The van der Waals surface area contributed by atoms with Gasteiger partial charge < -0.3 is 5.11 Å². The van der Waals surface area contributed by atoms with Crippen LogP contribution in [0.25, 0.3) is 0 Å². The van der Waals surface area contributed by atoms with Crippen LogP contribution < -0.4 is 5.73 Å². The Morgan fingerprint density at radius 3 is 1.64 bits per heavy atom. The zero-order valence-electron chi connectivity index (χ0n) is 6.41. The molecule has 9 heteroatoms. The molecule has 0 spiro atoms. The molecule has 1 unspecified atom stereocenters. The second-order valence-corrected chi connectivity index (χ2v) is 2.45. The van der Waals surface area contributed by atoms with Crippen LogP contribution >= 0.6 is 0 Å². The molecule has 0 aromatic carbocycles. The number of nitrogens with two attached hydrogens (primary N) is 1. The number of aliphatic carboxylic acids is 1. The Morgan fingerprint density at radius 2 is 1.57 bits per heavy atom. The lowest BCUT2D eigenvalue weighted by molar-refractivity contribution is -0.276. The van der Waals surface area contributed by atoms with E-state index in [0.29, 0.717) is 0 Å². The van der Waals surface area contributed by atoms with Crippen LogP contribution in [0.1, 0.15) is 0 Å². The van der Waals surface area contributed by atoms with E-state index in [-0.39, 0.29) is 0 Å². The van der Waals surface area contributed by atoms with Gasteiger partial charge in [-0.2, -0.15) is 13.2 Å². The Hall–Kier alpha value is -0.990. The summed E-state index contributed by atoms with van der Waals surface area (Å²) in [6.45, 7) is -2.92. The van der Waals surface area contributed by atoms with E-state index in [1.807, 2.05) is 0 Å². The summed E-state index contributed by atoms with van der Waals surface area (Å²) in [6, 6.07) is 0. The summed E-state index contributed by atoms with van der Waals surface area (Å²) in [5, 5.41) is 7.86. The summed E-state index contributed by atoms with van der Waals surface area (Å²) in [7, 11) is 0. The van der Waals surface area contributed by atoms with E-state index in [4.69, 9.17) is 5.11 Å². The number of alkyl halides is 6. The van der Waals surface area contributed by atoms with Crippen molar-refractivity contribution in [1.82, 2.24) is 0 Å². The zero-order chi connectivity index (χ0) is 11.8. The van der Waals surface area contributed by atoms with Gasteiger partial charge in [0.25, 0.3) is 5.67 Å². The van der Waals surface area contributed by atoms with Crippen LogP contribution in [0, 0.1) is 0 Å². The van der Waals surface area contributed by atoms with Gasteiger partial charge in [0.05, 0.1) is 0 Å². The molecule has 0 aliphatic heterocycles. The fourth-order valence-electron chi connectivity index (χ4n) is 0.549. The van der Waals surface area contributed by atoms with Crippen molar-refractivity contribution in [2.24, 2.45) is 5.73 Å². The van der Waals surface area contributed by atoms with Crippen LogP contribution in [-0.2, 0) is 4.79 Å². The molecule has 0 saturated carbocycles. The first-order valence-corrected chi connectivity index (χ1v) is 3.03. The number of carboxylic acid groups (broad SMARTS) is 1. The monoisotopic (exact) mass is 225 g/mol. The molecule has 0 heterocycles. The minimum atomic E-state index is -6.05. The van der Waals surface area contributed by atoms with Gasteiger partial charge in [0.2, 0.25) is 0 Å². The highest BCUT2D eigenvalue weighted by Gasteiger charge is 2.72. The summed E-state index contributed by atoms with van der Waals surface area (Å²) in [5.41, 5.74) is -1.32. The first-order chi connectivity index (χ1) is 6.00. The van der Waals surface area contributed by atoms with E-state index >= 15 is 0 Å². The largest absolute Gasteiger partial charge is 0.478 e. The van der Waals surface area contributed by atoms with Crippen molar-refractivity contribution in [3.63, 3.8) is 0 Å². The fourth-order valence-corrected chi connectivity index (χ4v) is 0.549. The van der Waals surface area contributed by atoms with Gasteiger partial charge in [-0.25, -0.2) is 18.0 Å². The highest BCUT2D eigenvalue weighted by Crippen LogP contribution is 2.42. The van der Waals surface area contributed by atoms with E-state index in [0.717, 1.165) is 0 Å². The smallest absolute Gasteiger partial charge is 0.430 e. The van der Waals surface area contributed by atoms with Gasteiger partial charge in [0.1, 0.15) is 6.67 Å². The van der Waals surface area contributed by atoms with Crippen LogP contribution in [0.4, 0.5) is 26.3 Å². The zero-order valence-corrected chi connectivity index (χ0v) is 6.41. The molecule has 0 rings (SSSR count). The minimum absolute atomic E-state index is 2.92. The lowest BCUT2D eigenvalue weighted by Crippen LogP contribution is -2.67. The molecule has 0 aromatic rings. The molecule has 3 N–H and O–H groups in total. The maximum absolute atomic E-state index is 12.7. The predicted molar refractivity (Wildman–Crippen MR) is 31.5 cm³/mol. The summed E-state index contributed by atoms with van der Waals surface area (Å²) >= 11 is 0. The molecule has 0 radical (unpaired) electrons. The molecule has 0 amide bonds. The summed E-state index contributed by atoms with van der Waals surface area (Å²) < 4.78 is 72.3. The van der Waals surface area contributed by atoms with E-state index in [2.05, 4.69) is 5.73 Å². The van der Waals surface area contributed by atoms with Crippen molar-refractivity contribution in [1.29, 1.82) is 0 Å². The van der Waals surface area contributed by atoms with Crippen LogP contribution in [0.15, 0.2) is 0 Å². The molecule has 0 fully saturated rings. The predicted octanol–water partition coefficient (Wildman–Crippen LogP) is 0.936. The van der Waals surface area contributed by atoms with Crippen molar-refractivity contribution in [3.05, 3.63) is 0 Å². The highest BCUT2D eigenvalue weighted by molar-refractivity contribution is 5.78. The molecular formula is C5H5F6NO2. The van der Waals surface area contributed by atoms with Gasteiger partial charge >= 0.3 is 17.9 Å². The Bertz CT molecular complexity index is 239.